The van der Waals surface area contributed by atoms with Gasteiger partial charge in [0, 0.05) is 37.1 Å². The topological polar surface area (TPSA) is 75.3 Å². The Morgan fingerprint density at radius 1 is 0.800 bits per heavy atom. The van der Waals surface area contributed by atoms with Gasteiger partial charge in [0.15, 0.2) is 0 Å². The molecular formula is C26H20BrClN2O3S2. The number of anilines is 2. The van der Waals surface area contributed by atoms with Crippen molar-refractivity contribution in [3.63, 3.8) is 0 Å². The zero-order valence-corrected chi connectivity index (χ0v) is 22.2. The molecule has 0 aliphatic heterocycles. The number of benzene rings is 4. The molecule has 0 fully saturated rings. The van der Waals surface area contributed by atoms with Crippen molar-refractivity contribution in [1.29, 1.82) is 0 Å². The molecule has 0 bridgehead atoms. The van der Waals surface area contributed by atoms with Crippen LogP contribution in [0.3, 0.4) is 0 Å². The van der Waals surface area contributed by atoms with E-state index >= 15 is 0 Å². The van der Waals surface area contributed by atoms with E-state index in [0.717, 1.165) is 20.7 Å². The maximum absolute atomic E-state index is 12.6. The first-order valence-electron chi connectivity index (χ1n) is 10.5. The average Bonchev–Trinajstić information content (AvgIpc) is 2.85. The molecule has 0 spiro atoms. The summed E-state index contributed by atoms with van der Waals surface area (Å²) >= 11 is 10.9. The standard InChI is InChI=1S/C26H20BrClN2O3S2/c27-20-5-9-23(10-6-20)30-35(32,33)25-15-11-22(12-16-25)29-26(31)19-3-1-18(2-4-19)17-34-24-13-7-21(28)8-14-24/h1-16,30H,17H2,(H,29,31). The van der Waals surface area contributed by atoms with Crippen LogP contribution < -0.4 is 10.0 Å². The van der Waals surface area contributed by atoms with Gasteiger partial charge in [-0.2, -0.15) is 0 Å². The van der Waals surface area contributed by atoms with E-state index in [2.05, 4.69) is 26.0 Å². The maximum Gasteiger partial charge on any atom is 0.261 e. The van der Waals surface area contributed by atoms with Crippen molar-refractivity contribution in [2.45, 2.75) is 15.5 Å². The molecular weight excluding hydrogens is 568 g/mol. The molecule has 0 aliphatic carbocycles. The number of halogens is 2. The molecule has 0 saturated carbocycles. The van der Waals surface area contributed by atoms with E-state index in [1.54, 1.807) is 60.3 Å². The third kappa shape index (κ3) is 7.11. The zero-order chi connectivity index (χ0) is 24.8. The molecule has 178 valence electrons. The number of hydrogen-bond donors (Lipinski definition) is 2. The summed E-state index contributed by atoms with van der Waals surface area (Å²) in [6, 6.07) is 27.9. The summed E-state index contributed by atoms with van der Waals surface area (Å²) in [4.78, 5) is 13.8. The van der Waals surface area contributed by atoms with Crippen molar-refractivity contribution >= 4 is 66.6 Å². The zero-order valence-electron chi connectivity index (χ0n) is 18.2. The molecule has 0 aromatic heterocycles. The summed E-state index contributed by atoms with van der Waals surface area (Å²) < 4.78 is 28.6. The van der Waals surface area contributed by atoms with Gasteiger partial charge in [-0.05, 0) is 90.5 Å². The highest BCUT2D eigenvalue weighted by Gasteiger charge is 2.15. The lowest BCUT2D eigenvalue weighted by atomic mass is 10.1. The van der Waals surface area contributed by atoms with Gasteiger partial charge < -0.3 is 5.32 Å². The van der Waals surface area contributed by atoms with Gasteiger partial charge in [-0.3, -0.25) is 9.52 Å². The largest absolute Gasteiger partial charge is 0.322 e. The van der Waals surface area contributed by atoms with E-state index in [1.165, 1.54) is 12.1 Å². The summed E-state index contributed by atoms with van der Waals surface area (Å²) in [6.07, 6.45) is 0. The monoisotopic (exact) mass is 586 g/mol. The second-order valence-electron chi connectivity index (χ2n) is 7.53. The summed E-state index contributed by atoms with van der Waals surface area (Å²) in [7, 11) is -3.74. The molecule has 5 nitrogen and oxygen atoms in total. The smallest absolute Gasteiger partial charge is 0.261 e. The van der Waals surface area contributed by atoms with E-state index in [9.17, 15) is 13.2 Å². The second-order valence-corrected chi connectivity index (χ2v) is 11.6. The first-order chi connectivity index (χ1) is 16.8. The Labute approximate surface area is 222 Å². The van der Waals surface area contributed by atoms with Gasteiger partial charge in [-0.25, -0.2) is 8.42 Å². The average molecular weight is 588 g/mol. The Kier molecular flexibility index (Phi) is 8.18. The molecule has 0 aliphatic rings. The number of nitrogens with one attached hydrogen (secondary N) is 2. The third-order valence-electron chi connectivity index (χ3n) is 4.95. The number of sulfonamides is 1. The van der Waals surface area contributed by atoms with Crippen LogP contribution in [0.4, 0.5) is 11.4 Å². The van der Waals surface area contributed by atoms with E-state index < -0.39 is 10.0 Å². The van der Waals surface area contributed by atoms with Crippen molar-refractivity contribution in [3.8, 4) is 0 Å². The Hall–Kier alpha value is -2.78. The van der Waals surface area contributed by atoms with Crippen LogP contribution in [-0.2, 0) is 15.8 Å². The summed E-state index contributed by atoms with van der Waals surface area (Å²) in [5.41, 5.74) is 2.56. The number of thioether (sulfide) groups is 1. The summed E-state index contributed by atoms with van der Waals surface area (Å²) in [6.45, 7) is 0. The number of amides is 1. The summed E-state index contributed by atoms with van der Waals surface area (Å²) in [5.74, 6) is 0.499. The highest BCUT2D eigenvalue weighted by atomic mass is 79.9. The van der Waals surface area contributed by atoms with Gasteiger partial charge in [-0.1, -0.05) is 39.7 Å². The molecule has 0 heterocycles. The van der Waals surface area contributed by atoms with E-state index in [4.69, 9.17) is 11.6 Å². The third-order valence-corrected chi connectivity index (χ3v) is 8.22. The Morgan fingerprint density at radius 2 is 1.40 bits per heavy atom. The SMILES string of the molecule is O=C(Nc1ccc(S(=O)(=O)Nc2ccc(Br)cc2)cc1)c1ccc(CSc2ccc(Cl)cc2)cc1. The molecule has 9 heteroatoms. The maximum atomic E-state index is 12.6. The molecule has 0 atom stereocenters. The number of hydrogen-bond acceptors (Lipinski definition) is 4. The fraction of sp³-hybridized carbons (Fsp3) is 0.0385. The molecule has 0 unspecified atom stereocenters. The molecule has 35 heavy (non-hydrogen) atoms. The van der Waals surface area contributed by atoms with Crippen molar-refractivity contribution in [2.24, 2.45) is 0 Å². The van der Waals surface area contributed by atoms with E-state index in [-0.39, 0.29) is 10.8 Å². The molecule has 1 amide bonds. The molecule has 4 rings (SSSR count). The van der Waals surface area contributed by atoms with Crippen LogP contribution >= 0.6 is 39.3 Å². The van der Waals surface area contributed by atoms with Crippen LogP contribution in [0.5, 0.6) is 0 Å². The fourth-order valence-electron chi connectivity index (χ4n) is 3.10. The van der Waals surface area contributed by atoms with Gasteiger partial charge in [0.2, 0.25) is 0 Å². The highest BCUT2D eigenvalue weighted by molar-refractivity contribution is 9.10. The van der Waals surface area contributed by atoms with Crippen LogP contribution in [0.25, 0.3) is 0 Å². The van der Waals surface area contributed by atoms with Gasteiger partial charge in [0.05, 0.1) is 4.90 Å². The van der Waals surface area contributed by atoms with Crippen LogP contribution in [-0.4, -0.2) is 14.3 Å². The number of rotatable bonds is 8. The van der Waals surface area contributed by atoms with Crippen molar-refractivity contribution in [2.75, 3.05) is 10.0 Å². The lowest BCUT2D eigenvalue weighted by Gasteiger charge is -2.10. The van der Waals surface area contributed by atoms with Gasteiger partial charge >= 0.3 is 0 Å². The Morgan fingerprint density at radius 3 is 2.03 bits per heavy atom. The van der Waals surface area contributed by atoms with Crippen LogP contribution in [0.15, 0.2) is 111 Å². The van der Waals surface area contributed by atoms with E-state index in [0.29, 0.717) is 22.0 Å². The predicted octanol–water partition coefficient (Wildman–Crippen LogP) is 7.45. The fourth-order valence-corrected chi connectivity index (χ4v) is 5.41. The second kappa shape index (κ2) is 11.3. The van der Waals surface area contributed by atoms with Gasteiger partial charge in [-0.15, -0.1) is 11.8 Å². The molecule has 0 saturated heterocycles. The Balaban J connectivity index is 1.34. The minimum Gasteiger partial charge on any atom is -0.322 e. The Bertz CT molecular complexity index is 1410. The van der Waals surface area contributed by atoms with Crippen LogP contribution in [0.2, 0.25) is 5.02 Å². The first kappa shape index (κ1) is 25.3. The minimum absolute atomic E-state index is 0.0981. The van der Waals surface area contributed by atoms with Gasteiger partial charge in [0.25, 0.3) is 15.9 Å². The molecule has 0 radical (unpaired) electrons. The van der Waals surface area contributed by atoms with Crippen LogP contribution in [0.1, 0.15) is 15.9 Å². The van der Waals surface area contributed by atoms with Crippen molar-refractivity contribution < 1.29 is 13.2 Å². The predicted molar refractivity (Wildman–Crippen MR) is 147 cm³/mol. The normalized spacial score (nSPS) is 11.1. The highest BCUT2D eigenvalue weighted by Crippen LogP contribution is 2.25. The number of carbonyl (C=O) groups excluding carboxylic acids is 1. The van der Waals surface area contributed by atoms with Gasteiger partial charge in [0.1, 0.15) is 0 Å². The molecule has 4 aromatic rings. The molecule has 2 N–H and O–H groups in total. The summed E-state index contributed by atoms with van der Waals surface area (Å²) in [5, 5.41) is 3.51. The lowest BCUT2D eigenvalue weighted by Crippen LogP contribution is -2.14. The lowest BCUT2D eigenvalue weighted by molar-refractivity contribution is 0.102. The van der Waals surface area contributed by atoms with Crippen molar-refractivity contribution in [1.82, 2.24) is 0 Å². The number of carbonyl (C=O) groups is 1. The molecule has 4 aromatic carbocycles. The van der Waals surface area contributed by atoms with E-state index in [1.807, 2.05) is 36.4 Å². The van der Waals surface area contributed by atoms with Crippen LogP contribution in [0, 0.1) is 0 Å². The first-order valence-corrected chi connectivity index (χ1v) is 14.1. The quantitative estimate of drug-likeness (QED) is 0.210. The van der Waals surface area contributed by atoms with Crippen molar-refractivity contribution in [3.05, 3.63) is 118 Å². The minimum atomic E-state index is -3.74.